The molecule has 0 aromatic heterocycles. The van der Waals surface area contributed by atoms with E-state index in [4.69, 9.17) is 10.8 Å². The topological polar surface area (TPSA) is 118 Å². The van der Waals surface area contributed by atoms with E-state index in [1.54, 1.807) is 21.6 Å². The first kappa shape index (κ1) is 17.9. The van der Waals surface area contributed by atoms with Gasteiger partial charge in [0.15, 0.2) is 0 Å². The van der Waals surface area contributed by atoms with Gasteiger partial charge in [-0.3, -0.25) is 9.59 Å². The van der Waals surface area contributed by atoms with Gasteiger partial charge in [-0.25, -0.2) is 0 Å². The van der Waals surface area contributed by atoms with Crippen LogP contribution in [-0.2, 0) is 9.59 Å². The van der Waals surface area contributed by atoms with E-state index in [0.717, 1.165) is 24.6 Å². The fraction of sp³-hybridized carbons (Fsp3) is 0.750. The van der Waals surface area contributed by atoms with Gasteiger partial charge in [0.05, 0.1) is 6.54 Å². The van der Waals surface area contributed by atoms with E-state index in [2.05, 4.69) is 11.1 Å². The van der Waals surface area contributed by atoms with E-state index in [-0.39, 0.29) is 12.5 Å². The third kappa shape index (κ3) is 23.4. The highest BCUT2D eigenvalue weighted by Gasteiger charge is 1.91. The molecule has 0 unspecified atom stereocenters. The van der Waals surface area contributed by atoms with Crippen LogP contribution in [0.4, 0.5) is 0 Å². The maximum absolute atomic E-state index is 10.4. The highest BCUT2D eigenvalue weighted by atomic mass is 33.1. The van der Waals surface area contributed by atoms with Crippen molar-refractivity contribution in [3.63, 3.8) is 0 Å². The Kier molecular flexibility index (Phi) is 16.3. The molecule has 96 valence electrons. The molecule has 0 aromatic carbocycles. The van der Waals surface area contributed by atoms with Crippen LogP contribution in [0.25, 0.3) is 0 Å². The summed E-state index contributed by atoms with van der Waals surface area (Å²) in [6.07, 6.45) is 0. The quantitative estimate of drug-likeness (QED) is 0.363. The van der Waals surface area contributed by atoms with Crippen LogP contribution in [0.5, 0.6) is 0 Å². The molecule has 0 aromatic rings. The average Bonchev–Trinajstić information content (AvgIpc) is 2.23. The Morgan fingerprint density at radius 1 is 1.25 bits per heavy atom. The number of carboxylic acid groups (broad SMARTS) is 1. The molecule has 16 heavy (non-hydrogen) atoms. The maximum atomic E-state index is 10.4. The van der Waals surface area contributed by atoms with Crippen molar-refractivity contribution in [2.75, 3.05) is 31.1 Å². The summed E-state index contributed by atoms with van der Waals surface area (Å²) in [5.41, 5.74) is 9.86. The molecule has 8 heteroatoms. The van der Waals surface area contributed by atoms with Gasteiger partial charge in [0.25, 0.3) is 0 Å². The van der Waals surface area contributed by atoms with E-state index < -0.39 is 5.97 Å². The van der Waals surface area contributed by atoms with Gasteiger partial charge in [-0.15, -0.1) is 0 Å². The van der Waals surface area contributed by atoms with Gasteiger partial charge in [0, 0.05) is 31.5 Å². The third-order valence-corrected chi connectivity index (χ3v) is 3.46. The standard InChI is InChI=1S/C6H14N2OS2.C2H5NO2/c1-6(9)8-3-5-11-10-4-2-7;3-1-2(4)5/h2-5,7H2,1H3,(H,8,9);1,3H2,(H,4,5). The van der Waals surface area contributed by atoms with Crippen molar-refractivity contribution in [2.45, 2.75) is 6.92 Å². The van der Waals surface area contributed by atoms with Crippen LogP contribution in [-0.4, -0.2) is 48.1 Å². The van der Waals surface area contributed by atoms with Crippen molar-refractivity contribution in [3.8, 4) is 0 Å². The van der Waals surface area contributed by atoms with Gasteiger partial charge in [0.1, 0.15) is 0 Å². The Labute approximate surface area is 103 Å². The van der Waals surface area contributed by atoms with E-state index >= 15 is 0 Å². The Bertz CT molecular complexity index is 193. The van der Waals surface area contributed by atoms with Gasteiger partial charge in [-0.2, -0.15) is 0 Å². The summed E-state index contributed by atoms with van der Waals surface area (Å²) in [5, 5.41) is 10.3. The zero-order valence-electron chi connectivity index (χ0n) is 9.27. The Morgan fingerprint density at radius 2 is 1.75 bits per heavy atom. The second-order valence-electron chi connectivity index (χ2n) is 2.51. The smallest absolute Gasteiger partial charge is 0.317 e. The van der Waals surface area contributed by atoms with Gasteiger partial charge < -0.3 is 21.9 Å². The molecule has 1 amide bonds. The van der Waals surface area contributed by atoms with Crippen LogP contribution in [0.1, 0.15) is 6.92 Å². The lowest BCUT2D eigenvalue weighted by Gasteiger charge is -2.00. The molecule has 0 bridgehead atoms. The summed E-state index contributed by atoms with van der Waals surface area (Å²) < 4.78 is 0. The van der Waals surface area contributed by atoms with E-state index in [0.29, 0.717) is 0 Å². The molecule has 0 spiro atoms. The van der Waals surface area contributed by atoms with Crippen molar-refractivity contribution >= 4 is 33.5 Å². The van der Waals surface area contributed by atoms with Crippen LogP contribution in [0.15, 0.2) is 0 Å². The second-order valence-corrected chi connectivity index (χ2v) is 5.22. The van der Waals surface area contributed by atoms with Crippen LogP contribution < -0.4 is 16.8 Å². The first-order valence-corrected chi connectivity index (χ1v) is 7.14. The van der Waals surface area contributed by atoms with Crippen molar-refractivity contribution in [2.24, 2.45) is 11.5 Å². The van der Waals surface area contributed by atoms with Gasteiger partial charge in [0.2, 0.25) is 5.91 Å². The number of nitrogens with two attached hydrogens (primary N) is 2. The van der Waals surface area contributed by atoms with Gasteiger partial charge in [-0.05, 0) is 0 Å². The normalized spacial score (nSPS) is 8.94. The molecule has 6 N–H and O–H groups in total. The third-order valence-electron chi connectivity index (χ3n) is 1.02. The van der Waals surface area contributed by atoms with Crippen LogP contribution in [0.2, 0.25) is 0 Å². The number of carbonyl (C=O) groups excluding carboxylic acids is 1. The fourth-order valence-electron chi connectivity index (χ4n) is 0.435. The molecule has 0 radical (unpaired) electrons. The predicted octanol–water partition coefficient (Wildman–Crippen LogP) is -0.508. The molecular formula is C8H19N3O3S2. The lowest BCUT2D eigenvalue weighted by molar-refractivity contribution is -0.135. The average molecular weight is 269 g/mol. The van der Waals surface area contributed by atoms with Crippen LogP contribution >= 0.6 is 21.6 Å². The minimum Gasteiger partial charge on any atom is -0.480 e. The minimum absolute atomic E-state index is 0.0365. The largest absolute Gasteiger partial charge is 0.480 e. The van der Waals surface area contributed by atoms with E-state index in [1.165, 1.54) is 6.92 Å². The lowest BCUT2D eigenvalue weighted by Crippen LogP contribution is -2.22. The van der Waals surface area contributed by atoms with Gasteiger partial charge >= 0.3 is 5.97 Å². The number of hydrogen-bond donors (Lipinski definition) is 4. The molecule has 0 aliphatic rings. The fourth-order valence-corrected chi connectivity index (χ4v) is 2.20. The molecular weight excluding hydrogens is 250 g/mol. The number of carbonyl (C=O) groups is 2. The van der Waals surface area contributed by atoms with Gasteiger partial charge in [-0.1, -0.05) is 21.6 Å². The van der Waals surface area contributed by atoms with Crippen molar-refractivity contribution in [3.05, 3.63) is 0 Å². The summed E-state index contributed by atoms with van der Waals surface area (Å²) in [5.74, 6) is 0.994. The van der Waals surface area contributed by atoms with Crippen LogP contribution in [0, 0.1) is 0 Å². The molecule has 0 fully saturated rings. The number of aliphatic carboxylic acids is 1. The second kappa shape index (κ2) is 14.6. The number of nitrogens with one attached hydrogen (secondary N) is 1. The SMILES string of the molecule is CC(=O)NCCSSCCN.NCC(=O)O. The first-order chi connectivity index (χ1) is 7.54. The lowest BCUT2D eigenvalue weighted by atomic mass is 10.6. The first-order valence-electron chi connectivity index (χ1n) is 4.65. The maximum Gasteiger partial charge on any atom is 0.317 e. The number of rotatable bonds is 7. The summed E-state index contributed by atoms with van der Waals surface area (Å²) in [6.45, 7) is 2.72. The Hall–Kier alpha value is -0.440. The number of amides is 1. The molecule has 0 atom stereocenters. The zero-order valence-corrected chi connectivity index (χ0v) is 10.9. The monoisotopic (exact) mass is 269 g/mol. The molecule has 0 saturated carbocycles. The molecule has 0 aliphatic heterocycles. The summed E-state index contributed by atoms with van der Waals surface area (Å²) in [7, 11) is 3.49. The minimum atomic E-state index is -0.968. The Morgan fingerprint density at radius 3 is 2.12 bits per heavy atom. The predicted molar refractivity (Wildman–Crippen MR) is 69.3 cm³/mol. The molecule has 0 rings (SSSR count). The highest BCUT2D eigenvalue weighted by molar-refractivity contribution is 8.76. The summed E-state index contributed by atoms with van der Waals surface area (Å²) >= 11 is 0. The molecule has 6 nitrogen and oxygen atoms in total. The van der Waals surface area contributed by atoms with Crippen molar-refractivity contribution in [1.82, 2.24) is 5.32 Å². The van der Waals surface area contributed by atoms with Crippen molar-refractivity contribution in [1.29, 1.82) is 0 Å². The van der Waals surface area contributed by atoms with E-state index in [1.807, 2.05) is 0 Å². The molecule has 0 aliphatic carbocycles. The number of hydrogen-bond acceptors (Lipinski definition) is 6. The summed E-state index contributed by atoms with van der Waals surface area (Å²) in [6, 6.07) is 0. The number of carboxylic acids is 1. The summed E-state index contributed by atoms with van der Waals surface area (Å²) in [4.78, 5) is 19.6. The van der Waals surface area contributed by atoms with E-state index in [9.17, 15) is 9.59 Å². The molecule has 0 heterocycles. The Balaban J connectivity index is 0. The van der Waals surface area contributed by atoms with Crippen molar-refractivity contribution < 1.29 is 14.7 Å². The molecule has 0 saturated heterocycles. The zero-order chi connectivity index (χ0) is 12.8. The highest BCUT2D eigenvalue weighted by Crippen LogP contribution is 2.18. The van der Waals surface area contributed by atoms with Crippen LogP contribution in [0.3, 0.4) is 0 Å².